The lowest BCUT2D eigenvalue weighted by molar-refractivity contribution is 0.102. The summed E-state index contributed by atoms with van der Waals surface area (Å²) in [5, 5.41) is 7.81. The van der Waals surface area contributed by atoms with Gasteiger partial charge >= 0.3 is 0 Å². The average Bonchev–Trinajstić information content (AvgIpc) is 3.40. The van der Waals surface area contributed by atoms with Crippen LogP contribution in [-0.2, 0) is 6.42 Å². The molecule has 1 aliphatic rings. The zero-order valence-electron chi connectivity index (χ0n) is 14.7. The molecule has 1 aliphatic carbocycles. The second kappa shape index (κ2) is 5.99. The Hall–Kier alpha value is -2.69. The van der Waals surface area contributed by atoms with Gasteiger partial charge in [0.15, 0.2) is 0 Å². The standard InChI is InChI=1S/C20H21N3O2/c1-4-13-7-5-6-11(2)18(13)22-19(24)15-10-16(14-8-9-14)21-20-17(15)12(3)23-25-20/h5-7,10,14H,4,8-9H2,1-3H3,(H,22,24). The quantitative estimate of drug-likeness (QED) is 0.760. The third-order valence-electron chi connectivity index (χ3n) is 4.86. The number of nitrogens with one attached hydrogen (secondary N) is 1. The van der Waals surface area contributed by atoms with Crippen LogP contribution in [-0.4, -0.2) is 16.0 Å². The number of benzene rings is 1. The topological polar surface area (TPSA) is 68.0 Å². The Morgan fingerprint density at radius 2 is 2.12 bits per heavy atom. The highest BCUT2D eigenvalue weighted by Gasteiger charge is 2.28. The number of hydrogen-bond acceptors (Lipinski definition) is 4. The molecule has 0 unspecified atom stereocenters. The molecule has 0 radical (unpaired) electrons. The monoisotopic (exact) mass is 335 g/mol. The zero-order valence-corrected chi connectivity index (χ0v) is 14.7. The van der Waals surface area contributed by atoms with Gasteiger partial charge < -0.3 is 9.84 Å². The number of rotatable bonds is 4. The summed E-state index contributed by atoms with van der Waals surface area (Å²) in [5.41, 5.74) is 5.74. The number of nitrogens with zero attached hydrogens (tertiary/aromatic N) is 2. The van der Waals surface area contributed by atoms with Crippen molar-refractivity contribution in [1.29, 1.82) is 0 Å². The zero-order chi connectivity index (χ0) is 17.6. The van der Waals surface area contributed by atoms with Crippen molar-refractivity contribution in [3.8, 4) is 0 Å². The molecule has 1 saturated carbocycles. The van der Waals surface area contributed by atoms with Crippen molar-refractivity contribution in [2.75, 3.05) is 5.32 Å². The normalized spacial score (nSPS) is 14.0. The van der Waals surface area contributed by atoms with Gasteiger partial charge in [-0.15, -0.1) is 0 Å². The number of para-hydroxylation sites is 1. The summed E-state index contributed by atoms with van der Waals surface area (Å²) < 4.78 is 5.34. The van der Waals surface area contributed by atoms with Crippen molar-refractivity contribution in [3.05, 3.63) is 52.3 Å². The number of aromatic nitrogens is 2. The number of carbonyl (C=O) groups excluding carboxylic acids is 1. The van der Waals surface area contributed by atoms with E-state index >= 15 is 0 Å². The van der Waals surface area contributed by atoms with Crippen LogP contribution >= 0.6 is 0 Å². The summed E-state index contributed by atoms with van der Waals surface area (Å²) in [4.78, 5) is 17.6. The van der Waals surface area contributed by atoms with E-state index in [9.17, 15) is 4.79 Å². The first-order valence-electron chi connectivity index (χ1n) is 8.75. The van der Waals surface area contributed by atoms with Gasteiger partial charge in [-0.1, -0.05) is 30.3 Å². The molecule has 4 rings (SSSR count). The molecular weight excluding hydrogens is 314 g/mol. The lowest BCUT2D eigenvalue weighted by Gasteiger charge is -2.13. The van der Waals surface area contributed by atoms with E-state index in [1.807, 2.05) is 38.1 Å². The van der Waals surface area contributed by atoms with Crippen molar-refractivity contribution in [3.63, 3.8) is 0 Å². The molecule has 2 heterocycles. The smallest absolute Gasteiger partial charge is 0.259 e. The fourth-order valence-corrected chi connectivity index (χ4v) is 3.26. The first-order chi connectivity index (χ1) is 12.1. The molecule has 1 N–H and O–H groups in total. The molecule has 5 heteroatoms. The van der Waals surface area contributed by atoms with Gasteiger partial charge in [0.25, 0.3) is 11.6 Å². The van der Waals surface area contributed by atoms with E-state index in [2.05, 4.69) is 22.4 Å². The number of aryl methyl sites for hydroxylation is 3. The van der Waals surface area contributed by atoms with E-state index in [0.717, 1.165) is 41.8 Å². The molecule has 1 fully saturated rings. The maximum absolute atomic E-state index is 13.1. The average molecular weight is 335 g/mol. The summed E-state index contributed by atoms with van der Waals surface area (Å²) in [6, 6.07) is 7.98. The molecule has 0 spiro atoms. The van der Waals surface area contributed by atoms with Crippen LogP contribution in [0.15, 0.2) is 28.8 Å². The van der Waals surface area contributed by atoms with Gasteiger partial charge in [0.1, 0.15) is 0 Å². The van der Waals surface area contributed by atoms with E-state index in [1.54, 1.807) is 0 Å². The van der Waals surface area contributed by atoms with Gasteiger partial charge in [-0.3, -0.25) is 4.79 Å². The molecular formula is C20H21N3O2. The molecule has 3 aromatic rings. The van der Waals surface area contributed by atoms with Gasteiger partial charge in [0.2, 0.25) is 0 Å². The van der Waals surface area contributed by atoms with E-state index < -0.39 is 0 Å². The van der Waals surface area contributed by atoms with Crippen molar-refractivity contribution < 1.29 is 9.32 Å². The number of pyridine rings is 1. The molecule has 0 aliphatic heterocycles. The maximum atomic E-state index is 13.1. The molecule has 0 atom stereocenters. The summed E-state index contributed by atoms with van der Waals surface area (Å²) in [6.45, 7) is 5.94. The van der Waals surface area contributed by atoms with Crippen molar-refractivity contribution in [2.24, 2.45) is 0 Å². The first-order valence-corrected chi connectivity index (χ1v) is 8.75. The number of carbonyl (C=O) groups is 1. The van der Waals surface area contributed by atoms with Crippen LogP contribution in [0.5, 0.6) is 0 Å². The first kappa shape index (κ1) is 15.8. The summed E-state index contributed by atoms with van der Waals surface area (Å²) >= 11 is 0. The fraction of sp³-hybridized carbons (Fsp3) is 0.350. The minimum atomic E-state index is -0.135. The van der Waals surface area contributed by atoms with E-state index in [4.69, 9.17) is 4.52 Å². The van der Waals surface area contributed by atoms with Crippen LogP contribution in [0, 0.1) is 13.8 Å². The summed E-state index contributed by atoms with van der Waals surface area (Å²) in [6.07, 6.45) is 3.09. The molecule has 2 aromatic heterocycles. The van der Waals surface area contributed by atoms with Gasteiger partial charge in [0.05, 0.1) is 16.6 Å². The summed E-state index contributed by atoms with van der Waals surface area (Å²) in [7, 11) is 0. The molecule has 25 heavy (non-hydrogen) atoms. The maximum Gasteiger partial charge on any atom is 0.259 e. The van der Waals surface area contributed by atoms with Crippen LogP contribution in [0.4, 0.5) is 5.69 Å². The van der Waals surface area contributed by atoms with E-state index in [0.29, 0.717) is 28.3 Å². The highest BCUT2D eigenvalue weighted by Crippen LogP contribution is 2.40. The minimum Gasteiger partial charge on any atom is -0.336 e. The lowest BCUT2D eigenvalue weighted by Crippen LogP contribution is -2.15. The van der Waals surface area contributed by atoms with Crippen molar-refractivity contribution in [1.82, 2.24) is 10.1 Å². The Morgan fingerprint density at radius 3 is 2.84 bits per heavy atom. The number of fused-ring (bicyclic) bond motifs is 1. The van der Waals surface area contributed by atoms with Crippen molar-refractivity contribution in [2.45, 2.75) is 46.0 Å². The van der Waals surface area contributed by atoms with Gasteiger partial charge in [-0.2, -0.15) is 0 Å². The number of anilines is 1. The minimum absolute atomic E-state index is 0.135. The molecule has 0 saturated heterocycles. The molecule has 0 bridgehead atoms. The molecule has 1 amide bonds. The SMILES string of the molecule is CCc1cccc(C)c1NC(=O)c1cc(C2CC2)nc2onc(C)c12. The highest BCUT2D eigenvalue weighted by molar-refractivity contribution is 6.12. The largest absolute Gasteiger partial charge is 0.336 e. The third-order valence-corrected chi connectivity index (χ3v) is 4.86. The second-order valence-corrected chi connectivity index (χ2v) is 6.73. The predicted octanol–water partition coefficient (Wildman–Crippen LogP) is 4.53. The highest BCUT2D eigenvalue weighted by atomic mass is 16.5. The second-order valence-electron chi connectivity index (χ2n) is 6.73. The van der Waals surface area contributed by atoms with Crippen LogP contribution in [0.25, 0.3) is 11.1 Å². The summed E-state index contributed by atoms with van der Waals surface area (Å²) in [5.74, 6) is 0.302. The Morgan fingerprint density at radius 1 is 1.32 bits per heavy atom. The molecule has 128 valence electrons. The van der Waals surface area contributed by atoms with Gasteiger partial charge in [-0.05, 0) is 50.3 Å². The fourth-order valence-electron chi connectivity index (χ4n) is 3.26. The van der Waals surface area contributed by atoms with E-state index in [1.165, 1.54) is 0 Å². The van der Waals surface area contributed by atoms with Crippen LogP contribution in [0.3, 0.4) is 0 Å². The Balaban J connectivity index is 1.79. The Kier molecular flexibility index (Phi) is 3.79. The number of hydrogen-bond donors (Lipinski definition) is 1. The van der Waals surface area contributed by atoms with Crippen LogP contribution < -0.4 is 5.32 Å². The Labute approximate surface area is 146 Å². The van der Waals surface area contributed by atoms with Gasteiger partial charge in [0, 0.05) is 17.3 Å². The van der Waals surface area contributed by atoms with Crippen LogP contribution in [0.2, 0.25) is 0 Å². The number of amides is 1. The van der Waals surface area contributed by atoms with E-state index in [-0.39, 0.29) is 5.91 Å². The lowest BCUT2D eigenvalue weighted by atomic mass is 10.0. The van der Waals surface area contributed by atoms with Crippen LogP contribution in [0.1, 0.15) is 58.6 Å². The molecule has 1 aromatic carbocycles. The van der Waals surface area contributed by atoms with Crippen molar-refractivity contribution >= 4 is 22.7 Å². The Bertz CT molecular complexity index is 970. The molecule has 5 nitrogen and oxygen atoms in total. The van der Waals surface area contributed by atoms with Gasteiger partial charge in [-0.25, -0.2) is 4.98 Å². The third kappa shape index (κ3) is 2.80. The predicted molar refractivity (Wildman–Crippen MR) is 97.0 cm³/mol.